The molecule has 0 heterocycles. The van der Waals surface area contributed by atoms with Gasteiger partial charge in [0.25, 0.3) is 0 Å². The van der Waals surface area contributed by atoms with Gasteiger partial charge >= 0.3 is 30.2 Å². The van der Waals surface area contributed by atoms with Crippen LogP contribution in [0, 0.1) is 50.0 Å². The maximum Gasteiger partial charge on any atom is 0.411 e. The van der Waals surface area contributed by atoms with E-state index >= 15 is 0 Å². The number of amides is 4. The van der Waals surface area contributed by atoms with Crippen molar-refractivity contribution in [2.24, 2.45) is 26.4 Å². The van der Waals surface area contributed by atoms with Crippen LogP contribution in [0.15, 0.2) is 136 Å². The largest absolute Gasteiger partial charge is 0.861 e. The van der Waals surface area contributed by atoms with E-state index in [0.29, 0.717) is 34.2 Å². The Labute approximate surface area is 922 Å². The summed E-state index contributed by atoms with van der Waals surface area (Å²) in [5.74, 6) is -5.88. The molecule has 0 spiro atoms. The molecule has 39 nitrogen and oxygen atoms in total. The van der Waals surface area contributed by atoms with Crippen molar-refractivity contribution in [1.82, 2.24) is 0 Å². The van der Waals surface area contributed by atoms with Crippen LogP contribution < -0.4 is 61.4 Å². The topological polar surface area (TPSA) is 614 Å². The van der Waals surface area contributed by atoms with Crippen LogP contribution >= 0.6 is 316 Å². The van der Waals surface area contributed by atoms with Crippen LogP contribution in [0.3, 0.4) is 0 Å². The predicted molar refractivity (Wildman–Crippen MR) is 586 cm³/mol. The lowest BCUT2D eigenvalue weighted by atomic mass is 10.2. The number of nitrogens with one attached hydrogen (secondary N) is 4. The number of sulfonamides is 6. The average molecular weight is 3450 g/mol. The molecular weight excluding hydrogens is 3390 g/mol. The summed E-state index contributed by atoms with van der Waals surface area (Å²) >= 11 is 29.8. The standard InChI is InChI=1S/C12H13I3N2O4S.C12H15IN2O5S.C11H11I3N2O5S.C11H10I3NO5S.C11H8I3NO5S.C11H13IN2O5S/c1-22(20,21)17-11(19)4-2-3-10(18)16-7-5-8(13)12(15)9(14)6-7;1-21(18,19)15-11(16)6-3-7-20-12(17)14-10-5-2-4-9(13)8-10;1-22(19,20)16-9(17)2-3-21-11(18)15-6-4-7(12)10(14)8(13)5-6;2*1-21(18,19)15-9(16)2-3-10(17)20-11-7(13)4-6(12)5-8(11)14;1-20(17,18)14-10(15)6-7-19-11(16)13-9-4-2-8(12)3-5-9/h5-6H,2-4H2,1H3,(H,16,18)(H,17,19);2,4-5,8H,3,6-7H2,1H3,(H,14,17)(H,15,16);4-5H,2-3H2,1H3,(H,15,18)(H,16,17);4-5H,2-3H2,1H3,(H,15,16);2-5H,1H3,(H,15,16);2-5H,6-7H2,1H3,(H,13,16)(H,14,15)/p-6/b;;;;3-2-;. The minimum atomic E-state index is -3.78. The second kappa shape index (κ2) is 61.3. The number of carbonyl (C=O) groups excluding carboxylic acids is 6. The molecule has 0 saturated heterocycles. The van der Waals surface area contributed by atoms with E-state index in [4.69, 9.17) is 23.7 Å². The number of hydrogen-bond acceptors (Lipinski definition) is 29. The van der Waals surface area contributed by atoms with Crippen molar-refractivity contribution in [3.05, 3.63) is 159 Å². The molecule has 0 atom stereocenters. The molecule has 0 unspecified atom stereocenters. The lowest BCUT2D eigenvalue weighted by Gasteiger charge is -2.11. The number of halogens is 14. The maximum atomic E-state index is 11.8. The molecule has 59 heteroatoms. The van der Waals surface area contributed by atoms with Gasteiger partial charge in [-0.25, -0.2) is 69.7 Å². The Morgan fingerprint density at radius 2 is 0.661 bits per heavy atom. The molecule has 0 radical (unpaired) electrons. The van der Waals surface area contributed by atoms with Gasteiger partial charge in [-0.05, 0) is 475 Å². The van der Waals surface area contributed by atoms with E-state index in [1.54, 1.807) is 42.5 Å². The third kappa shape index (κ3) is 63.1. The first-order chi connectivity index (χ1) is 58.3. The zero-order valence-corrected chi connectivity index (χ0v) is 100. The first-order valence-electron chi connectivity index (χ1n) is 33.4. The smallest absolute Gasteiger partial charge is 0.411 e. The van der Waals surface area contributed by atoms with Crippen molar-refractivity contribution >= 4 is 471 Å². The Morgan fingerprint density at radius 3 is 1.05 bits per heavy atom. The Bertz CT molecular complexity index is 5670. The van der Waals surface area contributed by atoms with Crippen LogP contribution in [0.25, 0.3) is 0 Å². The minimum absolute atomic E-state index is 0.000775. The van der Waals surface area contributed by atoms with Gasteiger partial charge < -0.3 is 59.6 Å². The van der Waals surface area contributed by atoms with E-state index in [2.05, 4.69) is 319 Å². The molecule has 0 saturated carbocycles. The highest BCUT2D eigenvalue weighted by Crippen LogP contribution is 2.32. The number of anilines is 4. The number of ether oxygens (including phenoxy) is 5. The monoisotopic (exact) mass is 3450 g/mol. The van der Waals surface area contributed by atoms with Crippen LogP contribution in [-0.2, 0) is 88.7 Å². The fourth-order valence-corrected chi connectivity index (χ4v) is 22.9. The number of rotatable bonds is 31. The molecule has 0 aromatic heterocycles. The van der Waals surface area contributed by atoms with Crippen LogP contribution in [0.4, 0.5) is 37.1 Å². The molecule has 6 aromatic rings. The van der Waals surface area contributed by atoms with Crippen molar-refractivity contribution < 1.29 is 134 Å². The summed E-state index contributed by atoms with van der Waals surface area (Å²) in [6.07, 6.45) is 3.76. The van der Waals surface area contributed by atoms with Crippen molar-refractivity contribution in [3.63, 3.8) is 0 Å². The lowest BCUT2D eigenvalue weighted by Crippen LogP contribution is -2.23. The molecule has 6 aromatic carbocycles. The van der Waals surface area contributed by atoms with E-state index < -0.39 is 126 Å². The van der Waals surface area contributed by atoms with E-state index in [1.807, 2.05) is 99.8 Å². The maximum absolute atomic E-state index is 11.8. The van der Waals surface area contributed by atoms with Gasteiger partial charge in [-0.2, -0.15) is 26.4 Å². The van der Waals surface area contributed by atoms with E-state index in [0.717, 1.165) is 99.7 Å². The Morgan fingerprint density at radius 1 is 0.323 bits per heavy atom. The second-order valence-corrected chi connectivity index (χ2v) is 50.0. The van der Waals surface area contributed by atoms with E-state index in [-0.39, 0.29) is 83.5 Å². The molecule has 127 heavy (non-hydrogen) atoms. The van der Waals surface area contributed by atoms with Crippen molar-refractivity contribution in [3.8, 4) is 11.5 Å². The average Bonchev–Trinajstić information content (AvgIpc) is 0.857. The number of esters is 2. The fourth-order valence-electron chi connectivity index (χ4n) is 7.54. The zero-order chi connectivity index (χ0) is 97.3. The van der Waals surface area contributed by atoms with Crippen LogP contribution in [0.2, 0.25) is 0 Å². The number of nitrogens with zero attached hydrogens (tertiary/aromatic N) is 6. The highest BCUT2D eigenvalue weighted by Gasteiger charge is 2.17. The molecule has 0 fully saturated rings. The number of carbonyl (C=O) groups is 6. The number of benzene rings is 6. The van der Waals surface area contributed by atoms with Gasteiger partial charge in [0.05, 0.1) is 78.1 Å². The molecule has 4 amide bonds. The van der Waals surface area contributed by atoms with Crippen molar-refractivity contribution in [2.75, 3.05) is 78.6 Å². The SMILES string of the molecule is CS(=O)(=O)N=C([O-])/C=C\C(=O)Oc1c(I)cc(I)cc1I.CS(=O)(=O)N=C([O-])CCC(=O)Oc1c(I)cc(I)cc1I.CS(=O)(=O)N=C([O-])CCCC(=O)Nc1cc(I)c(I)c(I)c1.CS(=O)(=O)N=C([O-])CCCOC(=O)Nc1cccc(I)c1.CS(=O)(=O)N=C([O-])CCOC(=O)Nc1cc(I)c(I)c(I)c1.CS(=O)(=O)N=C([O-])CCOC(=O)Nc1ccc(I)cc1. The summed E-state index contributed by atoms with van der Waals surface area (Å²) < 4.78 is 185. The summed E-state index contributed by atoms with van der Waals surface area (Å²) in [7, 11) is -22.3. The quantitative estimate of drug-likeness (QED) is 0.00361. The van der Waals surface area contributed by atoms with Gasteiger partial charge in [0.1, 0.15) is 0 Å². The number of hydrogen-bond donors (Lipinski definition) is 4. The molecule has 700 valence electrons. The summed E-state index contributed by atoms with van der Waals surface area (Å²) in [6, 6.07) is 28.9. The Kier molecular flexibility index (Phi) is 59.4. The first kappa shape index (κ1) is 123. The van der Waals surface area contributed by atoms with Gasteiger partial charge in [0, 0.05) is 89.7 Å². The highest BCUT2D eigenvalue weighted by atomic mass is 127. The molecule has 4 N–H and O–H groups in total. The minimum Gasteiger partial charge on any atom is -0.861 e. The van der Waals surface area contributed by atoms with Gasteiger partial charge in [-0.1, -0.05) is 6.07 Å². The highest BCUT2D eigenvalue weighted by molar-refractivity contribution is 14.1. The molecule has 6 rings (SSSR count). The van der Waals surface area contributed by atoms with Gasteiger partial charge in [-0.3, -0.25) is 25.5 Å². The van der Waals surface area contributed by atoms with Crippen LogP contribution in [-0.4, -0.2) is 179 Å². The van der Waals surface area contributed by atoms with E-state index in [9.17, 15) is 110 Å². The third-order valence-corrected chi connectivity index (χ3v) is 31.0. The van der Waals surface area contributed by atoms with Crippen LogP contribution in [0.5, 0.6) is 11.5 Å². The first-order valence-corrected chi connectivity index (χ1v) is 59.6. The molecule has 0 bridgehead atoms. The fraction of sp³-hybridized carbons (Fsp3) is 0.265. The molecule has 0 aliphatic carbocycles. The third-order valence-electron chi connectivity index (χ3n) is 12.2. The van der Waals surface area contributed by atoms with Crippen LogP contribution in [0.1, 0.15) is 57.8 Å². The van der Waals surface area contributed by atoms with Crippen molar-refractivity contribution in [1.29, 1.82) is 0 Å². The van der Waals surface area contributed by atoms with Gasteiger partial charge in [0.2, 0.25) is 66.0 Å². The van der Waals surface area contributed by atoms with E-state index in [1.165, 1.54) is 0 Å². The summed E-state index contributed by atoms with van der Waals surface area (Å²) in [5, 5.41) is 77.3. The summed E-state index contributed by atoms with van der Waals surface area (Å²) in [4.78, 5) is 69.5. The summed E-state index contributed by atoms with van der Waals surface area (Å²) in [6.45, 7) is -0.489. The summed E-state index contributed by atoms with van der Waals surface area (Å²) in [5.41, 5.74) is 2.44. The zero-order valence-electron chi connectivity index (χ0n) is 65.1. The molecule has 0 aliphatic heterocycles. The molecule has 0 aliphatic rings. The van der Waals surface area contributed by atoms with Gasteiger partial charge in [0.15, 0.2) is 11.5 Å². The second-order valence-electron chi connectivity index (χ2n) is 23.7. The Hall–Kier alpha value is -1.98. The molecular formula is C68H64I14N10O29S6-6. The van der Waals surface area contributed by atoms with Crippen molar-refractivity contribution in [2.45, 2.75) is 57.8 Å². The lowest BCUT2D eigenvalue weighted by molar-refractivity contribution is -0.219. The Balaban J connectivity index is 0.000000762. The van der Waals surface area contributed by atoms with Gasteiger partial charge in [-0.15, -0.1) is 0 Å². The predicted octanol–water partition coefficient (Wildman–Crippen LogP) is 10.4. The normalized spacial score (nSPS) is 12.2.